The van der Waals surface area contributed by atoms with Crippen molar-refractivity contribution in [3.8, 4) is 0 Å². The molecule has 2 nitrogen and oxygen atoms in total. The maximum atomic E-state index is 9.28. The van der Waals surface area contributed by atoms with Gasteiger partial charge in [-0.15, -0.1) is 0 Å². The Hall–Kier alpha value is -0.0800. The molecule has 0 aromatic carbocycles. The van der Waals surface area contributed by atoms with Crippen LogP contribution in [-0.2, 0) is 0 Å². The van der Waals surface area contributed by atoms with Crippen molar-refractivity contribution in [3.63, 3.8) is 0 Å². The summed E-state index contributed by atoms with van der Waals surface area (Å²) < 4.78 is 0. The van der Waals surface area contributed by atoms with Crippen molar-refractivity contribution in [1.82, 2.24) is 0 Å². The number of aliphatic hydroxyl groups is 1. The molecule has 0 amide bonds. The Balaban J connectivity index is 2.10. The molecule has 0 aromatic rings. The molecule has 2 heteroatoms. The van der Waals surface area contributed by atoms with E-state index in [0.717, 1.165) is 12.8 Å². The Kier molecular flexibility index (Phi) is 1.08. The smallest absolute Gasteiger partial charge is 0.0572 e. The van der Waals surface area contributed by atoms with Crippen LogP contribution in [0.5, 0.6) is 0 Å². The van der Waals surface area contributed by atoms with Gasteiger partial charge in [-0.1, -0.05) is 0 Å². The van der Waals surface area contributed by atoms with Gasteiger partial charge in [0.05, 0.1) is 6.10 Å². The summed E-state index contributed by atoms with van der Waals surface area (Å²) in [5.41, 5.74) is 5.77. The van der Waals surface area contributed by atoms with Crippen LogP contribution in [0.25, 0.3) is 0 Å². The minimum Gasteiger partial charge on any atom is -0.393 e. The zero-order chi connectivity index (χ0) is 6.43. The Morgan fingerprint density at radius 3 is 2.22 bits per heavy atom. The third-order valence-electron chi connectivity index (χ3n) is 2.87. The molecule has 0 radical (unpaired) electrons. The molecule has 0 aliphatic heterocycles. The predicted molar refractivity (Wildman–Crippen MR) is 34.8 cm³/mol. The lowest BCUT2D eigenvalue weighted by molar-refractivity contribution is 0.108. The van der Waals surface area contributed by atoms with Crippen LogP contribution in [0.4, 0.5) is 0 Å². The highest BCUT2D eigenvalue weighted by Gasteiger charge is 2.43. The number of fused-ring (bicyclic) bond motifs is 2. The minimum absolute atomic E-state index is 0.0187. The van der Waals surface area contributed by atoms with Crippen LogP contribution >= 0.6 is 0 Å². The van der Waals surface area contributed by atoms with Crippen LogP contribution in [0.1, 0.15) is 19.3 Å². The molecule has 2 bridgehead atoms. The molecule has 52 valence electrons. The maximum Gasteiger partial charge on any atom is 0.0572 e. The zero-order valence-corrected chi connectivity index (χ0v) is 5.46. The first-order chi connectivity index (χ1) is 4.27. The first-order valence-electron chi connectivity index (χ1n) is 3.71. The summed E-state index contributed by atoms with van der Waals surface area (Å²) >= 11 is 0. The Morgan fingerprint density at radius 2 is 1.89 bits per heavy atom. The molecule has 9 heavy (non-hydrogen) atoms. The van der Waals surface area contributed by atoms with Gasteiger partial charge >= 0.3 is 0 Å². The molecule has 2 rings (SSSR count). The Labute approximate surface area is 55.1 Å². The number of nitrogens with two attached hydrogens (primary N) is 1. The number of hydrogen-bond donors (Lipinski definition) is 2. The van der Waals surface area contributed by atoms with E-state index < -0.39 is 0 Å². The van der Waals surface area contributed by atoms with Gasteiger partial charge in [0.2, 0.25) is 0 Å². The van der Waals surface area contributed by atoms with Crippen molar-refractivity contribution in [1.29, 1.82) is 0 Å². The largest absolute Gasteiger partial charge is 0.393 e. The summed E-state index contributed by atoms with van der Waals surface area (Å²) in [4.78, 5) is 0. The van der Waals surface area contributed by atoms with E-state index in [1.54, 1.807) is 0 Å². The summed E-state index contributed by atoms with van der Waals surface area (Å²) in [5, 5.41) is 9.28. The first kappa shape index (κ1) is 5.69. The fourth-order valence-corrected chi connectivity index (χ4v) is 2.29. The molecule has 2 fully saturated rings. The van der Waals surface area contributed by atoms with E-state index in [9.17, 15) is 5.11 Å². The Morgan fingerprint density at radius 1 is 1.11 bits per heavy atom. The van der Waals surface area contributed by atoms with Gasteiger partial charge in [-0.3, -0.25) is 0 Å². The highest BCUT2D eigenvalue weighted by molar-refractivity contribution is 4.97. The standard InChI is InChI=1S/C7H13NO/c8-6-2-5-1-4(6)3-7(5)9/h4-7,9H,1-3,8H2/t4-,5-,6+,7-/m1/s1. The second-order valence-corrected chi connectivity index (χ2v) is 3.46. The van der Waals surface area contributed by atoms with Gasteiger partial charge in [-0.25, -0.2) is 0 Å². The van der Waals surface area contributed by atoms with Gasteiger partial charge in [0, 0.05) is 6.04 Å². The fraction of sp³-hybridized carbons (Fsp3) is 1.00. The van der Waals surface area contributed by atoms with Gasteiger partial charge in [0.15, 0.2) is 0 Å². The summed E-state index contributed by atoms with van der Waals surface area (Å²) in [5.74, 6) is 1.19. The number of rotatable bonds is 0. The molecular formula is C7H13NO. The molecule has 0 spiro atoms. The fourth-order valence-electron chi connectivity index (χ4n) is 2.29. The topological polar surface area (TPSA) is 46.2 Å². The highest BCUT2D eigenvalue weighted by Crippen LogP contribution is 2.43. The lowest BCUT2D eigenvalue weighted by Crippen LogP contribution is -2.31. The van der Waals surface area contributed by atoms with Crippen molar-refractivity contribution in [2.45, 2.75) is 31.4 Å². The third kappa shape index (κ3) is 0.700. The van der Waals surface area contributed by atoms with Gasteiger partial charge < -0.3 is 10.8 Å². The van der Waals surface area contributed by atoms with Crippen LogP contribution < -0.4 is 5.73 Å². The van der Waals surface area contributed by atoms with Gasteiger partial charge in [0.25, 0.3) is 0 Å². The van der Waals surface area contributed by atoms with E-state index in [1.807, 2.05) is 0 Å². The van der Waals surface area contributed by atoms with Crippen molar-refractivity contribution in [2.75, 3.05) is 0 Å². The highest BCUT2D eigenvalue weighted by atomic mass is 16.3. The van der Waals surface area contributed by atoms with Crippen LogP contribution in [0.3, 0.4) is 0 Å². The van der Waals surface area contributed by atoms with Crippen LogP contribution in [0, 0.1) is 11.8 Å². The minimum atomic E-state index is -0.0187. The SMILES string of the molecule is N[C@H]1C[C@H]2C[C@@H]1C[C@H]2O. The monoisotopic (exact) mass is 127 g/mol. The molecule has 0 saturated heterocycles. The van der Waals surface area contributed by atoms with E-state index in [1.165, 1.54) is 6.42 Å². The number of hydrogen-bond acceptors (Lipinski definition) is 2. The Bertz CT molecular complexity index is 108. The average Bonchev–Trinajstić information content (AvgIpc) is 2.24. The second kappa shape index (κ2) is 1.70. The molecule has 2 saturated carbocycles. The summed E-state index contributed by atoms with van der Waals surface area (Å²) in [6.07, 6.45) is 3.19. The van der Waals surface area contributed by atoms with Crippen molar-refractivity contribution in [3.05, 3.63) is 0 Å². The summed E-state index contributed by atoms with van der Waals surface area (Å²) in [7, 11) is 0. The average molecular weight is 127 g/mol. The van der Waals surface area contributed by atoms with E-state index in [4.69, 9.17) is 5.73 Å². The molecular weight excluding hydrogens is 114 g/mol. The van der Waals surface area contributed by atoms with E-state index in [0.29, 0.717) is 17.9 Å². The van der Waals surface area contributed by atoms with Gasteiger partial charge in [0.1, 0.15) is 0 Å². The van der Waals surface area contributed by atoms with Crippen LogP contribution in [0.2, 0.25) is 0 Å². The molecule has 2 aliphatic rings. The maximum absolute atomic E-state index is 9.28. The summed E-state index contributed by atoms with van der Waals surface area (Å²) in [6, 6.07) is 0.401. The second-order valence-electron chi connectivity index (χ2n) is 3.46. The molecule has 4 atom stereocenters. The lowest BCUT2D eigenvalue weighted by Gasteiger charge is -2.20. The zero-order valence-electron chi connectivity index (χ0n) is 5.46. The van der Waals surface area contributed by atoms with E-state index in [2.05, 4.69) is 0 Å². The van der Waals surface area contributed by atoms with Crippen LogP contribution in [0.15, 0.2) is 0 Å². The normalized spacial score (nSPS) is 56.7. The molecule has 0 aromatic heterocycles. The van der Waals surface area contributed by atoms with E-state index >= 15 is 0 Å². The summed E-state index contributed by atoms with van der Waals surface area (Å²) in [6.45, 7) is 0. The van der Waals surface area contributed by atoms with Gasteiger partial charge in [-0.2, -0.15) is 0 Å². The van der Waals surface area contributed by atoms with Crippen LogP contribution in [-0.4, -0.2) is 17.3 Å². The van der Waals surface area contributed by atoms with Crippen molar-refractivity contribution in [2.24, 2.45) is 17.6 Å². The van der Waals surface area contributed by atoms with Crippen molar-refractivity contribution >= 4 is 0 Å². The molecule has 0 unspecified atom stereocenters. The lowest BCUT2D eigenvalue weighted by atomic mass is 9.94. The predicted octanol–water partition coefficient (Wildman–Crippen LogP) is 0.104. The quantitative estimate of drug-likeness (QED) is 0.485. The van der Waals surface area contributed by atoms with E-state index in [-0.39, 0.29) is 6.10 Å². The molecule has 2 aliphatic carbocycles. The molecule has 0 heterocycles. The van der Waals surface area contributed by atoms with Crippen molar-refractivity contribution < 1.29 is 5.11 Å². The van der Waals surface area contributed by atoms with Gasteiger partial charge in [-0.05, 0) is 31.1 Å². The first-order valence-corrected chi connectivity index (χ1v) is 3.71. The third-order valence-corrected chi connectivity index (χ3v) is 2.87. The molecule has 3 N–H and O–H groups in total. The number of aliphatic hydroxyl groups excluding tert-OH is 1.